The molecule has 3 aliphatic rings. The van der Waals surface area contributed by atoms with Gasteiger partial charge in [-0.3, -0.25) is 4.79 Å². The molecule has 0 saturated heterocycles. The lowest BCUT2D eigenvalue weighted by molar-refractivity contribution is -0.168. The molecule has 6 atom stereocenters. The van der Waals surface area contributed by atoms with Crippen molar-refractivity contribution in [3.63, 3.8) is 0 Å². The molecule has 2 bridgehead atoms. The largest absolute Gasteiger partial charge is 0.459 e. The van der Waals surface area contributed by atoms with Crippen LogP contribution < -0.4 is 5.32 Å². The van der Waals surface area contributed by atoms with Crippen LogP contribution >= 0.6 is 0 Å². The van der Waals surface area contributed by atoms with Crippen molar-refractivity contribution in [1.29, 1.82) is 0 Å². The molecule has 1 amide bonds. The molecule has 4 rings (SSSR count). The SMILES string of the molecule is CCO[C@@H]1OC(C(=O)NC2CC3CCC2C3)=C[C@H](c2ccccc2)[C@@H]1CCOCCOCCO. The third-order valence-corrected chi connectivity index (χ3v) is 7.38. The number of hydrogen-bond acceptors (Lipinski definition) is 6. The first-order chi connectivity index (χ1) is 16.7. The molecule has 0 spiro atoms. The van der Waals surface area contributed by atoms with Gasteiger partial charge in [0.2, 0.25) is 6.29 Å². The Morgan fingerprint density at radius 3 is 2.56 bits per heavy atom. The van der Waals surface area contributed by atoms with E-state index in [4.69, 9.17) is 24.1 Å². The molecule has 1 aromatic carbocycles. The minimum Gasteiger partial charge on any atom is -0.459 e. The van der Waals surface area contributed by atoms with Crippen LogP contribution in [0.5, 0.6) is 0 Å². The third kappa shape index (κ3) is 6.39. The monoisotopic (exact) mass is 473 g/mol. The highest BCUT2D eigenvalue weighted by Crippen LogP contribution is 2.45. The zero-order valence-corrected chi connectivity index (χ0v) is 20.2. The molecule has 0 radical (unpaired) electrons. The van der Waals surface area contributed by atoms with E-state index in [0.29, 0.717) is 44.7 Å². The number of rotatable bonds is 13. The molecule has 34 heavy (non-hydrogen) atoms. The zero-order valence-electron chi connectivity index (χ0n) is 20.2. The minimum atomic E-state index is -0.518. The fourth-order valence-electron chi connectivity index (χ4n) is 5.76. The first-order valence-electron chi connectivity index (χ1n) is 12.8. The predicted octanol–water partition coefficient (Wildman–Crippen LogP) is 3.38. The first kappa shape index (κ1) is 25.2. The molecule has 188 valence electrons. The van der Waals surface area contributed by atoms with Gasteiger partial charge in [0.25, 0.3) is 5.91 Å². The van der Waals surface area contributed by atoms with Gasteiger partial charge < -0.3 is 29.4 Å². The number of amides is 1. The Morgan fingerprint density at radius 1 is 1.09 bits per heavy atom. The van der Waals surface area contributed by atoms with Crippen molar-refractivity contribution >= 4 is 5.91 Å². The number of carbonyl (C=O) groups excluding carboxylic acids is 1. The number of carbonyl (C=O) groups is 1. The Bertz CT molecular complexity index is 800. The number of aliphatic hydroxyl groups excluding tert-OH is 1. The van der Waals surface area contributed by atoms with Gasteiger partial charge in [-0.05, 0) is 56.1 Å². The molecule has 7 heteroatoms. The summed E-state index contributed by atoms with van der Waals surface area (Å²) in [6.07, 6.45) is 7.03. The van der Waals surface area contributed by atoms with Gasteiger partial charge in [-0.2, -0.15) is 0 Å². The van der Waals surface area contributed by atoms with Gasteiger partial charge in [-0.25, -0.2) is 0 Å². The molecule has 2 N–H and O–H groups in total. The van der Waals surface area contributed by atoms with Crippen LogP contribution in [0.25, 0.3) is 0 Å². The molecule has 7 nitrogen and oxygen atoms in total. The number of nitrogens with one attached hydrogen (secondary N) is 1. The minimum absolute atomic E-state index is 0.0123. The highest BCUT2D eigenvalue weighted by atomic mass is 16.7. The van der Waals surface area contributed by atoms with Gasteiger partial charge in [0.1, 0.15) is 0 Å². The van der Waals surface area contributed by atoms with Crippen molar-refractivity contribution in [3.8, 4) is 0 Å². The average molecular weight is 474 g/mol. The van der Waals surface area contributed by atoms with E-state index in [9.17, 15) is 4.79 Å². The fraction of sp³-hybridized carbons (Fsp3) is 0.667. The molecule has 3 unspecified atom stereocenters. The molecule has 2 aliphatic carbocycles. The van der Waals surface area contributed by atoms with E-state index in [1.165, 1.54) is 19.3 Å². The van der Waals surface area contributed by atoms with Crippen molar-refractivity contribution in [3.05, 3.63) is 47.7 Å². The Labute approximate surface area is 202 Å². The Balaban J connectivity index is 1.44. The third-order valence-electron chi connectivity index (χ3n) is 7.38. The molecule has 1 heterocycles. The van der Waals surface area contributed by atoms with E-state index in [1.807, 2.05) is 31.2 Å². The number of ether oxygens (including phenoxy) is 4. The summed E-state index contributed by atoms with van der Waals surface area (Å²) in [5.74, 6) is 1.62. The van der Waals surface area contributed by atoms with Crippen LogP contribution in [0.15, 0.2) is 42.2 Å². The smallest absolute Gasteiger partial charge is 0.286 e. The van der Waals surface area contributed by atoms with Gasteiger partial charge in [-0.1, -0.05) is 36.8 Å². The normalized spacial score (nSPS) is 30.1. The summed E-state index contributed by atoms with van der Waals surface area (Å²) in [4.78, 5) is 13.2. The van der Waals surface area contributed by atoms with Crippen LogP contribution in [0.3, 0.4) is 0 Å². The lowest BCUT2D eigenvalue weighted by Crippen LogP contribution is -2.43. The van der Waals surface area contributed by atoms with E-state index in [2.05, 4.69) is 17.4 Å². The molecule has 1 aliphatic heterocycles. The predicted molar refractivity (Wildman–Crippen MR) is 128 cm³/mol. The Kier molecular flexibility index (Phi) is 9.39. The van der Waals surface area contributed by atoms with Gasteiger partial charge in [-0.15, -0.1) is 0 Å². The van der Waals surface area contributed by atoms with Crippen molar-refractivity contribution in [2.75, 3.05) is 39.6 Å². The van der Waals surface area contributed by atoms with Crippen molar-refractivity contribution in [1.82, 2.24) is 5.32 Å². The first-order valence-corrected chi connectivity index (χ1v) is 12.8. The lowest BCUT2D eigenvalue weighted by atomic mass is 9.81. The van der Waals surface area contributed by atoms with Gasteiger partial charge in [0.05, 0.1) is 26.4 Å². The van der Waals surface area contributed by atoms with Crippen LogP contribution in [-0.4, -0.2) is 63.0 Å². The van der Waals surface area contributed by atoms with E-state index in [1.54, 1.807) is 0 Å². The summed E-state index contributed by atoms with van der Waals surface area (Å²) in [5, 5.41) is 12.1. The fourth-order valence-corrected chi connectivity index (χ4v) is 5.76. The summed E-state index contributed by atoms with van der Waals surface area (Å²) in [6, 6.07) is 10.5. The Morgan fingerprint density at radius 2 is 1.88 bits per heavy atom. The summed E-state index contributed by atoms with van der Waals surface area (Å²) in [5.41, 5.74) is 1.14. The van der Waals surface area contributed by atoms with Crippen LogP contribution in [0.2, 0.25) is 0 Å². The standard InChI is InChI=1S/C27H39NO6/c1-2-33-27-22(10-12-31-14-15-32-13-11-29)23(20-6-4-3-5-7-20)18-25(34-27)26(30)28-24-17-19-8-9-21(24)16-19/h3-7,18-19,21-24,27,29H,2,8-17H2,1H3,(H,28,30)/t19?,21?,22-,23+,24?,27+/m0/s1. The zero-order chi connectivity index (χ0) is 23.8. The number of fused-ring (bicyclic) bond motifs is 2. The van der Waals surface area contributed by atoms with E-state index >= 15 is 0 Å². The Hall–Kier alpha value is -1.93. The summed E-state index contributed by atoms with van der Waals surface area (Å²) >= 11 is 0. The van der Waals surface area contributed by atoms with E-state index in [0.717, 1.165) is 24.3 Å². The molecule has 2 saturated carbocycles. The average Bonchev–Trinajstić information content (AvgIpc) is 3.48. The second kappa shape index (κ2) is 12.7. The number of aliphatic hydroxyl groups is 1. The number of allylic oxidation sites excluding steroid dienone is 1. The molecular formula is C27H39NO6. The van der Waals surface area contributed by atoms with Crippen LogP contribution in [0, 0.1) is 17.8 Å². The van der Waals surface area contributed by atoms with Crippen LogP contribution in [-0.2, 0) is 23.7 Å². The number of hydrogen-bond donors (Lipinski definition) is 2. The quantitative estimate of drug-likeness (QED) is 0.427. The van der Waals surface area contributed by atoms with Crippen LogP contribution in [0.1, 0.15) is 50.5 Å². The second-order valence-electron chi connectivity index (χ2n) is 9.56. The molecule has 0 aromatic heterocycles. The van der Waals surface area contributed by atoms with Crippen molar-refractivity contribution in [2.45, 2.75) is 57.3 Å². The topological polar surface area (TPSA) is 86.3 Å². The van der Waals surface area contributed by atoms with E-state index < -0.39 is 6.29 Å². The molecular weight excluding hydrogens is 434 g/mol. The highest BCUT2D eigenvalue weighted by Gasteiger charge is 2.42. The second-order valence-corrected chi connectivity index (χ2v) is 9.56. The summed E-state index contributed by atoms with van der Waals surface area (Å²) in [6.45, 7) is 4.23. The van der Waals surface area contributed by atoms with Crippen molar-refractivity contribution < 1.29 is 28.8 Å². The summed E-state index contributed by atoms with van der Waals surface area (Å²) in [7, 11) is 0. The maximum absolute atomic E-state index is 13.2. The van der Waals surface area contributed by atoms with Crippen LogP contribution in [0.4, 0.5) is 0 Å². The summed E-state index contributed by atoms with van der Waals surface area (Å²) < 4.78 is 23.2. The maximum Gasteiger partial charge on any atom is 0.286 e. The maximum atomic E-state index is 13.2. The van der Waals surface area contributed by atoms with E-state index in [-0.39, 0.29) is 30.4 Å². The highest BCUT2D eigenvalue weighted by molar-refractivity contribution is 5.92. The van der Waals surface area contributed by atoms with Gasteiger partial charge >= 0.3 is 0 Å². The van der Waals surface area contributed by atoms with Gasteiger partial charge in [0.15, 0.2) is 5.76 Å². The lowest BCUT2D eigenvalue weighted by Gasteiger charge is -2.37. The molecule has 2 fully saturated rings. The van der Waals surface area contributed by atoms with Crippen molar-refractivity contribution in [2.24, 2.45) is 17.8 Å². The number of benzene rings is 1. The van der Waals surface area contributed by atoms with Gasteiger partial charge in [0, 0.05) is 31.1 Å². The molecule has 1 aromatic rings.